The Bertz CT molecular complexity index is 938. The first kappa shape index (κ1) is 16.7. The van der Waals surface area contributed by atoms with Gasteiger partial charge >= 0.3 is 0 Å². The Labute approximate surface area is 156 Å². The summed E-state index contributed by atoms with van der Waals surface area (Å²) in [4.78, 5) is 16.2. The van der Waals surface area contributed by atoms with E-state index in [1.165, 1.54) is 17.5 Å². The average Bonchev–Trinajstić information content (AvgIpc) is 3.31. The second-order valence-corrected chi connectivity index (χ2v) is 6.66. The number of aromatic nitrogens is 2. The summed E-state index contributed by atoms with van der Waals surface area (Å²) < 4.78 is 7.43. The smallest absolute Gasteiger partial charge is 0.262 e. The van der Waals surface area contributed by atoms with Crippen molar-refractivity contribution in [2.45, 2.75) is 19.3 Å². The highest BCUT2D eigenvalue weighted by Crippen LogP contribution is 2.26. The Morgan fingerprint density at radius 3 is 2.88 bits per heavy atom. The third kappa shape index (κ3) is 3.58. The van der Waals surface area contributed by atoms with Gasteiger partial charge in [-0.05, 0) is 60.7 Å². The van der Waals surface area contributed by atoms with Crippen LogP contribution in [0, 0.1) is 0 Å². The fraction of sp³-hybridized carbons (Fsp3) is 0.200. The number of ether oxygens (including phenoxy) is 1. The van der Waals surface area contributed by atoms with Crippen LogP contribution in [0.2, 0.25) is 5.02 Å². The number of fused-ring (bicyclic) bond motifs is 1. The SMILES string of the molecule is O=C(COc1ccc2c(c1)CCC2)Nc1ccc(-n2ccnc2)c(Cl)c1. The van der Waals surface area contributed by atoms with Gasteiger partial charge in [0.2, 0.25) is 0 Å². The van der Waals surface area contributed by atoms with Crippen molar-refractivity contribution in [3.05, 3.63) is 71.3 Å². The highest BCUT2D eigenvalue weighted by molar-refractivity contribution is 6.32. The van der Waals surface area contributed by atoms with Crippen molar-refractivity contribution >= 4 is 23.2 Å². The number of aryl methyl sites for hydroxylation is 2. The number of halogens is 1. The van der Waals surface area contributed by atoms with Gasteiger partial charge < -0.3 is 14.6 Å². The Kier molecular flexibility index (Phi) is 4.63. The van der Waals surface area contributed by atoms with Crippen LogP contribution >= 0.6 is 11.6 Å². The lowest BCUT2D eigenvalue weighted by molar-refractivity contribution is -0.118. The van der Waals surface area contributed by atoms with Gasteiger partial charge in [-0.1, -0.05) is 17.7 Å². The van der Waals surface area contributed by atoms with E-state index in [-0.39, 0.29) is 12.5 Å². The number of anilines is 1. The molecule has 2 aromatic carbocycles. The Balaban J connectivity index is 1.37. The van der Waals surface area contributed by atoms with Gasteiger partial charge in [-0.25, -0.2) is 4.98 Å². The molecule has 26 heavy (non-hydrogen) atoms. The predicted octanol–water partition coefficient (Wildman–Crippen LogP) is 4.03. The molecule has 0 atom stereocenters. The minimum atomic E-state index is -0.225. The van der Waals surface area contributed by atoms with E-state index in [0.717, 1.165) is 24.3 Å². The zero-order valence-electron chi connectivity index (χ0n) is 14.1. The van der Waals surface area contributed by atoms with Crippen molar-refractivity contribution < 1.29 is 9.53 Å². The first-order valence-corrected chi connectivity index (χ1v) is 8.89. The highest BCUT2D eigenvalue weighted by Gasteiger charge is 2.12. The summed E-state index contributed by atoms with van der Waals surface area (Å²) in [7, 11) is 0. The minimum Gasteiger partial charge on any atom is -0.484 e. The Hall–Kier alpha value is -2.79. The molecule has 0 saturated heterocycles. The van der Waals surface area contributed by atoms with Crippen LogP contribution in [0.5, 0.6) is 5.75 Å². The lowest BCUT2D eigenvalue weighted by Crippen LogP contribution is -2.20. The molecule has 0 fully saturated rings. The molecule has 0 radical (unpaired) electrons. The van der Waals surface area contributed by atoms with E-state index in [4.69, 9.17) is 16.3 Å². The third-order valence-electron chi connectivity index (χ3n) is 4.45. The second kappa shape index (κ2) is 7.22. The molecular weight excluding hydrogens is 350 g/mol. The molecule has 0 unspecified atom stereocenters. The van der Waals surface area contributed by atoms with E-state index in [1.54, 1.807) is 24.7 Å². The number of imidazole rings is 1. The molecule has 1 aromatic heterocycles. The maximum absolute atomic E-state index is 12.2. The normalized spacial score (nSPS) is 12.7. The molecule has 0 aliphatic heterocycles. The van der Waals surface area contributed by atoms with Crippen LogP contribution < -0.4 is 10.1 Å². The summed E-state index contributed by atoms with van der Waals surface area (Å²) in [5, 5.41) is 3.33. The first-order chi connectivity index (χ1) is 12.7. The lowest BCUT2D eigenvalue weighted by Gasteiger charge is -2.11. The number of carbonyl (C=O) groups excluding carboxylic acids is 1. The standard InChI is InChI=1S/C20H18ClN3O2/c21-18-11-16(5-7-19(18)24-9-8-22-13-24)23-20(25)12-26-17-6-4-14-2-1-3-15(14)10-17/h4-11,13H,1-3,12H2,(H,23,25). The topological polar surface area (TPSA) is 56.1 Å². The molecule has 132 valence electrons. The quantitative estimate of drug-likeness (QED) is 0.740. The number of nitrogens with zero attached hydrogens (tertiary/aromatic N) is 2. The van der Waals surface area contributed by atoms with Crippen LogP contribution in [0.25, 0.3) is 5.69 Å². The lowest BCUT2D eigenvalue weighted by atomic mass is 10.1. The van der Waals surface area contributed by atoms with Crippen molar-refractivity contribution in [2.24, 2.45) is 0 Å². The second-order valence-electron chi connectivity index (χ2n) is 6.26. The largest absolute Gasteiger partial charge is 0.484 e. The van der Waals surface area contributed by atoms with Crippen LogP contribution in [0.1, 0.15) is 17.5 Å². The maximum Gasteiger partial charge on any atom is 0.262 e. The highest BCUT2D eigenvalue weighted by atomic mass is 35.5. The fourth-order valence-corrected chi connectivity index (χ4v) is 3.46. The van der Waals surface area contributed by atoms with Crippen molar-refractivity contribution in [1.29, 1.82) is 0 Å². The van der Waals surface area contributed by atoms with Gasteiger partial charge in [0, 0.05) is 18.1 Å². The van der Waals surface area contributed by atoms with Gasteiger partial charge in [-0.3, -0.25) is 4.79 Å². The summed E-state index contributed by atoms with van der Waals surface area (Å²) in [5.41, 5.74) is 4.14. The molecule has 0 saturated carbocycles. The van der Waals surface area contributed by atoms with E-state index in [0.29, 0.717) is 10.7 Å². The monoisotopic (exact) mass is 367 g/mol. The molecular formula is C20H18ClN3O2. The molecule has 1 amide bonds. The number of benzene rings is 2. The van der Waals surface area contributed by atoms with E-state index in [9.17, 15) is 4.79 Å². The van der Waals surface area contributed by atoms with Crippen molar-refractivity contribution in [2.75, 3.05) is 11.9 Å². The average molecular weight is 368 g/mol. The summed E-state index contributed by atoms with van der Waals surface area (Å²) in [6, 6.07) is 11.4. The van der Waals surface area contributed by atoms with Gasteiger partial charge in [0.25, 0.3) is 5.91 Å². The van der Waals surface area contributed by atoms with E-state index >= 15 is 0 Å². The number of amides is 1. The Morgan fingerprint density at radius 2 is 2.08 bits per heavy atom. The van der Waals surface area contributed by atoms with Crippen molar-refractivity contribution in [3.63, 3.8) is 0 Å². The zero-order chi connectivity index (χ0) is 17.9. The molecule has 6 heteroatoms. The molecule has 4 rings (SSSR count). The molecule has 1 aliphatic rings. The van der Waals surface area contributed by atoms with Crippen LogP contribution in [-0.4, -0.2) is 22.1 Å². The van der Waals surface area contributed by atoms with Crippen LogP contribution in [-0.2, 0) is 17.6 Å². The third-order valence-corrected chi connectivity index (χ3v) is 4.76. The summed E-state index contributed by atoms with van der Waals surface area (Å²) >= 11 is 6.30. The van der Waals surface area contributed by atoms with E-state index < -0.39 is 0 Å². The van der Waals surface area contributed by atoms with Crippen LogP contribution in [0.15, 0.2) is 55.1 Å². The Morgan fingerprint density at radius 1 is 1.19 bits per heavy atom. The van der Waals surface area contributed by atoms with E-state index in [1.807, 2.05) is 29.0 Å². The van der Waals surface area contributed by atoms with Crippen molar-refractivity contribution in [3.8, 4) is 11.4 Å². The minimum absolute atomic E-state index is 0.0420. The maximum atomic E-state index is 12.2. The number of carbonyl (C=O) groups is 1. The molecule has 5 nitrogen and oxygen atoms in total. The number of hydrogen-bond donors (Lipinski definition) is 1. The molecule has 0 spiro atoms. The summed E-state index contributed by atoms with van der Waals surface area (Å²) in [6.45, 7) is -0.0420. The molecule has 3 aromatic rings. The van der Waals surface area contributed by atoms with Crippen molar-refractivity contribution in [1.82, 2.24) is 9.55 Å². The van der Waals surface area contributed by atoms with Gasteiger partial charge in [-0.15, -0.1) is 0 Å². The van der Waals surface area contributed by atoms with Gasteiger partial charge in [-0.2, -0.15) is 0 Å². The zero-order valence-corrected chi connectivity index (χ0v) is 14.9. The molecule has 1 heterocycles. The molecule has 1 aliphatic carbocycles. The van der Waals surface area contributed by atoms with Gasteiger partial charge in [0.15, 0.2) is 6.61 Å². The fourth-order valence-electron chi connectivity index (χ4n) is 3.18. The number of hydrogen-bond acceptors (Lipinski definition) is 3. The molecule has 1 N–H and O–H groups in total. The first-order valence-electron chi connectivity index (χ1n) is 8.51. The van der Waals surface area contributed by atoms with Crippen LogP contribution in [0.3, 0.4) is 0 Å². The summed E-state index contributed by atoms with van der Waals surface area (Å²) in [5.74, 6) is 0.506. The number of nitrogens with one attached hydrogen (secondary N) is 1. The van der Waals surface area contributed by atoms with Crippen LogP contribution in [0.4, 0.5) is 5.69 Å². The number of rotatable bonds is 5. The van der Waals surface area contributed by atoms with Gasteiger partial charge in [0.05, 0.1) is 17.0 Å². The predicted molar refractivity (Wildman–Crippen MR) is 101 cm³/mol. The van der Waals surface area contributed by atoms with Gasteiger partial charge in [0.1, 0.15) is 5.75 Å². The summed E-state index contributed by atoms with van der Waals surface area (Å²) in [6.07, 6.45) is 8.57. The molecule has 0 bridgehead atoms. The van der Waals surface area contributed by atoms with E-state index in [2.05, 4.69) is 16.4 Å².